The molecule has 14 heteroatoms. The molecule has 6 rings (SSSR count). The largest absolute Gasteiger partial charge is 0.457 e. The molecule has 4 amide bonds. The molecular weight excluding hydrogens is 676 g/mol. The number of likely N-dealkylation sites (N-methyl/N-ethyl adjacent to an activating group) is 1. The Bertz CT molecular complexity index is 1910. The van der Waals surface area contributed by atoms with Crippen LogP contribution in [0.2, 0.25) is 0 Å². The quantitative estimate of drug-likeness (QED) is 0.292. The standard InChI is InChI=1S/C37H39FN6O6S/c1-23-41-29(22-51-23)5-6-35(46)44-11-8-33-32(19-44)42-34(45)20-43(2)37(48)27-14-26(36(47)40-10-7-24-4-3-9-39-18-24)15-31(16-27)50-30-13-25(21-49-33)12-28(38)17-30/h3-4,9,12-18,22,32-33H,5-8,10-11,19-21H2,1-2H3,(H,40,47)(H,42,45)/t32-,33+/m1/s1. The van der Waals surface area contributed by atoms with Crippen LogP contribution < -0.4 is 15.4 Å². The Hall–Kier alpha value is -5.21. The molecule has 1 saturated heterocycles. The summed E-state index contributed by atoms with van der Waals surface area (Å²) in [6.07, 6.45) is 4.70. The second-order valence-electron chi connectivity index (χ2n) is 12.7. The fourth-order valence-corrected chi connectivity index (χ4v) is 6.80. The van der Waals surface area contributed by atoms with E-state index in [9.17, 15) is 23.6 Å². The maximum atomic E-state index is 14.9. The average molecular weight is 715 g/mol. The maximum absolute atomic E-state index is 14.9. The summed E-state index contributed by atoms with van der Waals surface area (Å²) in [6, 6.07) is 11.7. The first-order valence-corrected chi connectivity index (χ1v) is 17.6. The zero-order valence-corrected chi connectivity index (χ0v) is 29.2. The van der Waals surface area contributed by atoms with E-state index in [4.69, 9.17) is 9.47 Å². The number of amides is 4. The predicted molar refractivity (Wildman–Crippen MR) is 187 cm³/mol. The van der Waals surface area contributed by atoms with E-state index in [-0.39, 0.29) is 54.7 Å². The SMILES string of the molecule is Cc1nc(CCC(=O)N2CC[C@@H]3OCc4cc(F)cc(c4)Oc4cc(C(=O)NCCc5cccnc5)cc(c4)C(=O)N(C)CC(=O)N[C@@H]3C2)cs1. The zero-order valence-electron chi connectivity index (χ0n) is 28.4. The van der Waals surface area contributed by atoms with Crippen molar-refractivity contribution in [2.24, 2.45) is 0 Å². The lowest BCUT2D eigenvalue weighted by molar-refractivity contribution is -0.137. The van der Waals surface area contributed by atoms with Gasteiger partial charge >= 0.3 is 0 Å². The number of halogens is 1. The van der Waals surface area contributed by atoms with Crippen molar-refractivity contribution in [3.05, 3.63) is 105 Å². The number of ether oxygens (including phenoxy) is 2. The molecule has 0 unspecified atom stereocenters. The number of likely N-dealkylation sites (tertiary alicyclic amines) is 1. The minimum atomic E-state index is -0.581. The summed E-state index contributed by atoms with van der Waals surface area (Å²) < 4.78 is 27.1. The van der Waals surface area contributed by atoms with E-state index in [2.05, 4.69) is 20.6 Å². The Kier molecular flexibility index (Phi) is 11.3. The number of aryl methyl sites for hydroxylation is 2. The molecule has 2 atom stereocenters. The number of nitrogens with one attached hydrogen (secondary N) is 2. The van der Waals surface area contributed by atoms with Crippen LogP contribution in [0.5, 0.6) is 11.5 Å². The molecule has 2 aliphatic heterocycles. The van der Waals surface area contributed by atoms with E-state index in [0.29, 0.717) is 37.9 Å². The Morgan fingerprint density at radius 3 is 2.75 bits per heavy atom. The predicted octanol–water partition coefficient (Wildman–Crippen LogP) is 4.07. The van der Waals surface area contributed by atoms with E-state index >= 15 is 0 Å². The van der Waals surface area contributed by atoms with Crippen molar-refractivity contribution in [1.82, 2.24) is 30.4 Å². The van der Waals surface area contributed by atoms with Crippen molar-refractivity contribution in [3.63, 3.8) is 0 Å². The summed E-state index contributed by atoms with van der Waals surface area (Å²) in [6.45, 7) is 2.61. The van der Waals surface area contributed by atoms with Gasteiger partial charge in [-0.2, -0.15) is 0 Å². The molecule has 4 aromatic rings. The van der Waals surface area contributed by atoms with Gasteiger partial charge in [-0.25, -0.2) is 9.37 Å². The second-order valence-corrected chi connectivity index (χ2v) is 13.7. The molecule has 1 fully saturated rings. The zero-order chi connectivity index (χ0) is 35.9. The number of aromatic nitrogens is 2. The number of carbonyl (C=O) groups is 4. The van der Waals surface area contributed by atoms with Crippen molar-refractivity contribution in [2.75, 3.05) is 33.2 Å². The summed E-state index contributed by atoms with van der Waals surface area (Å²) in [5.41, 5.74) is 2.56. The molecule has 0 spiro atoms. The Balaban J connectivity index is 1.21. The minimum Gasteiger partial charge on any atom is -0.457 e. The maximum Gasteiger partial charge on any atom is 0.254 e. The van der Waals surface area contributed by atoms with Crippen LogP contribution in [0, 0.1) is 12.7 Å². The van der Waals surface area contributed by atoms with Gasteiger partial charge in [-0.15, -0.1) is 11.3 Å². The third-order valence-corrected chi connectivity index (χ3v) is 9.53. The van der Waals surface area contributed by atoms with Crippen LogP contribution in [0.15, 0.2) is 66.3 Å². The lowest BCUT2D eigenvalue weighted by atomic mass is 10.0. The molecule has 12 nitrogen and oxygen atoms in total. The second kappa shape index (κ2) is 16.2. The molecule has 266 valence electrons. The molecule has 0 saturated carbocycles. The molecule has 2 aromatic carbocycles. The van der Waals surface area contributed by atoms with Gasteiger partial charge in [-0.3, -0.25) is 24.2 Å². The molecule has 4 bridgehead atoms. The summed E-state index contributed by atoms with van der Waals surface area (Å²) in [4.78, 5) is 65.0. The van der Waals surface area contributed by atoms with Crippen LogP contribution in [-0.4, -0.2) is 88.8 Å². The lowest BCUT2D eigenvalue weighted by Gasteiger charge is -2.39. The van der Waals surface area contributed by atoms with Gasteiger partial charge < -0.3 is 29.9 Å². The molecular formula is C37H39FN6O6S. The van der Waals surface area contributed by atoms with Gasteiger partial charge in [0.05, 0.1) is 36.0 Å². The number of pyridine rings is 1. The number of rotatable bonds is 7. The van der Waals surface area contributed by atoms with Crippen molar-refractivity contribution >= 4 is 35.0 Å². The first-order chi connectivity index (χ1) is 24.6. The number of carbonyl (C=O) groups excluding carboxylic acids is 4. The number of thiazole rings is 1. The van der Waals surface area contributed by atoms with Crippen LogP contribution in [0.1, 0.15) is 55.4 Å². The number of nitrogens with zero attached hydrogens (tertiary/aromatic N) is 4. The highest BCUT2D eigenvalue weighted by molar-refractivity contribution is 7.09. The normalized spacial score (nSPS) is 18.0. The van der Waals surface area contributed by atoms with Crippen LogP contribution in [0.25, 0.3) is 0 Å². The van der Waals surface area contributed by atoms with Crippen molar-refractivity contribution in [3.8, 4) is 11.5 Å². The summed E-state index contributed by atoms with van der Waals surface area (Å²) in [7, 11) is 1.48. The van der Waals surface area contributed by atoms with Crippen molar-refractivity contribution in [2.45, 2.75) is 51.4 Å². The highest BCUT2D eigenvalue weighted by atomic mass is 32.1. The van der Waals surface area contributed by atoms with Gasteiger partial charge in [0, 0.05) is 68.1 Å². The molecule has 2 aliphatic rings. The Morgan fingerprint density at radius 1 is 1.12 bits per heavy atom. The Labute approximate surface area is 299 Å². The summed E-state index contributed by atoms with van der Waals surface area (Å²) in [5.74, 6) is -1.74. The molecule has 4 heterocycles. The monoisotopic (exact) mass is 714 g/mol. The molecule has 0 radical (unpaired) electrons. The van der Waals surface area contributed by atoms with E-state index in [1.165, 1.54) is 53.6 Å². The average Bonchev–Trinajstić information content (AvgIpc) is 3.54. The van der Waals surface area contributed by atoms with Gasteiger partial charge in [0.2, 0.25) is 11.8 Å². The van der Waals surface area contributed by atoms with Crippen molar-refractivity contribution < 1.29 is 33.0 Å². The third kappa shape index (κ3) is 9.52. The van der Waals surface area contributed by atoms with Gasteiger partial charge in [0.1, 0.15) is 17.3 Å². The fourth-order valence-electron chi connectivity index (χ4n) is 6.15. The topological polar surface area (TPSA) is 143 Å². The van der Waals surface area contributed by atoms with Crippen LogP contribution >= 0.6 is 11.3 Å². The van der Waals surface area contributed by atoms with Gasteiger partial charge in [-0.1, -0.05) is 6.07 Å². The third-order valence-electron chi connectivity index (χ3n) is 8.71. The number of fused-ring (bicyclic) bond motifs is 5. The fraction of sp³-hybridized carbons (Fsp3) is 0.351. The van der Waals surface area contributed by atoms with E-state index in [1.807, 2.05) is 24.4 Å². The van der Waals surface area contributed by atoms with E-state index < -0.39 is 35.7 Å². The number of hydrogen-bond donors (Lipinski definition) is 2. The highest BCUT2D eigenvalue weighted by Gasteiger charge is 2.34. The van der Waals surface area contributed by atoms with E-state index in [1.54, 1.807) is 23.4 Å². The van der Waals surface area contributed by atoms with Gasteiger partial charge in [0.15, 0.2) is 0 Å². The van der Waals surface area contributed by atoms with Crippen molar-refractivity contribution in [1.29, 1.82) is 0 Å². The molecule has 51 heavy (non-hydrogen) atoms. The molecule has 2 N–H and O–H groups in total. The highest BCUT2D eigenvalue weighted by Crippen LogP contribution is 2.28. The number of hydrogen-bond acceptors (Lipinski definition) is 9. The first-order valence-electron chi connectivity index (χ1n) is 16.7. The number of benzene rings is 2. The minimum absolute atomic E-state index is 0.0191. The Morgan fingerprint density at radius 2 is 1.96 bits per heavy atom. The van der Waals surface area contributed by atoms with E-state index in [0.717, 1.165) is 16.3 Å². The first kappa shape index (κ1) is 35.6. The lowest BCUT2D eigenvalue weighted by Crippen LogP contribution is -2.58. The number of piperidine rings is 1. The molecule has 2 aromatic heterocycles. The summed E-state index contributed by atoms with van der Waals surface area (Å²) >= 11 is 1.54. The van der Waals surface area contributed by atoms with Gasteiger partial charge in [0.25, 0.3) is 11.8 Å². The van der Waals surface area contributed by atoms with Gasteiger partial charge in [-0.05, 0) is 73.7 Å². The van der Waals surface area contributed by atoms with Crippen LogP contribution in [-0.2, 0) is 33.8 Å². The molecule has 0 aliphatic carbocycles. The summed E-state index contributed by atoms with van der Waals surface area (Å²) in [5, 5.41) is 8.72. The van der Waals surface area contributed by atoms with Crippen LogP contribution in [0.3, 0.4) is 0 Å². The smallest absolute Gasteiger partial charge is 0.254 e. The van der Waals surface area contributed by atoms with Crippen LogP contribution in [0.4, 0.5) is 4.39 Å².